The van der Waals surface area contributed by atoms with Gasteiger partial charge in [-0.05, 0) is 19.3 Å². The molecule has 0 aromatic carbocycles. The zero-order valence-corrected chi connectivity index (χ0v) is 10.3. The summed E-state index contributed by atoms with van der Waals surface area (Å²) < 4.78 is 5.56. The molecule has 0 amide bonds. The van der Waals surface area contributed by atoms with Gasteiger partial charge in [0.05, 0.1) is 6.10 Å². The van der Waals surface area contributed by atoms with E-state index in [1.807, 2.05) is 21.6 Å². The van der Waals surface area contributed by atoms with Crippen LogP contribution in [0.4, 0.5) is 0 Å². The minimum Gasteiger partial charge on any atom is -0.377 e. The number of rotatable bonds is 6. The average molecular weight is 220 g/mol. The Labute approximate surface area is 89.8 Å². The van der Waals surface area contributed by atoms with Gasteiger partial charge in [0.1, 0.15) is 0 Å². The second-order valence-electron chi connectivity index (χ2n) is 3.62. The van der Waals surface area contributed by atoms with Crippen LogP contribution in [0.5, 0.6) is 0 Å². The average Bonchev–Trinajstić information content (AvgIpc) is 2.57. The summed E-state index contributed by atoms with van der Waals surface area (Å²) in [5.41, 5.74) is 0. The molecule has 0 spiro atoms. The molecule has 0 bridgehead atoms. The van der Waals surface area contributed by atoms with Gasteiger partial charge >= 0.3 is 0 Å². The van der Waals surface area contributed by atoms with E-state index < -0.39 is 0 Å². The fraction of sp³-hybridized carbons (Fsp3) is 1.00. The van der Waals surface area contributed by atoms with E-state index in [9.17, 15) is 0 Å². The molecule has 1 aliphatic rings. The van der Waals surface area contributed by atoms with E-state index in [1.165, 1.54) is 31.4 Å². The summed E-state index contributed by atoms with van der Waals surface area (Å²) in [7, 11) is 4.01. The van der Waals surface area contributed by atoms with Crippen molar-refractivity contribution in [3.05, 3.63) is 0 Å². The molecule has 1 rings (SSSR count). The molecule has 1 heterocycles. The maximum absolute atomic E-state index is 5.56. The highest BCUT2D eigenvalue weighted by Gasteiger charge is 2.15. The van der Waals surface area contributed by atoms with E-state index in [4.69, 9.17) is 4.74 Å². The summed E-state index contributed by atoms with van der Waals surface area (Å²) in [5, 5.41) is 0.802. The normalized spacial score (nSPS) is 24.9. The van der Waals surface area contributed by atoms with Crippen LogP contribution >= 0.6 is 21.6 Å². The Morgan fingerprint density at radius 3 is 3.00 bits per heavy atom. The van der Waals surface area contributed by atoms with E-state index >= 15 is 0 Å². The topological polar surface area (TPSA) is 9.23 Å². The number of ether oxygens (including phenoxy) is 1. The smallest absolute Gasteiger partial charge is 0.0674 e. The van der Waals surface area contributed by atoms with Crippen LogP contribution in [-0.2, 0) is 4.74 Å². The molecule has 13 heavy (non-hydrogen) atoms. The van der Waals surface area contributed by atoms with Gasteiger partial charge in [-0.15, -0.1) is 0 Å². The van der Waals surface area contributed by atoms with Gasteiger partial charge in [-0.1, -0.05) is 41.9 Å². The fourth-order valence-electron chi connectivity index (χ4n) is 1.46. The maximum Gasteiger partial charge on any atom is 0.0674 e. The molecule has 0 saturated carbocycles. The van der Waals surface area contributed by atoms with Crippen molar-refractivity contribution in [3.63, 3.8) is 0 Å². The van der Waals surface area contributed by atoms with Crippen LogP contribution in [0, 0.1) is 0 Å². The second kappa shape index (κ2) is 7.02. The molecule has 3 heteroatoms. The Hall–Kier alpha value is 0.660. The van der Waals surface area contributed by atoms with Crippen molar-refractivity contribution in [2.45, 2.75) is 50.9 Å². The molecule has 1 aliphatic heterocycles. The summed E-state index contributed by atoms with van der Waals surface area (Å²) in [5.74, 6) is 1.18. The van der Waals surface area contributed by atoms with Gasteiger partial charge in [-0.2, -0.15) is 0 Å². The second-order valence-corrected chi connectivity index (χ2v) is 6.47. The third kappa shape index (κ3) is 5.18. The predicted octanol–water partition coefficient (Wildman–Crippen LogP) is 3.74. The predicted molar refractivity (Wildman–Crippen MR) is 63.4 cm³/mol. The Morgan fingerprint density at radius 1 is 1.54 bits per heavy atom. The Morgan fingerprint density at radius 2 is 2.38 bits per heavy atom. The molecule has 0 aromatic heterocycles. The largest absolute Gasteiger partial charge is 0.377 e. The lowest BCUT2D eigenvalue weighted by atomic mass is 10.3. The van der Waals surface area contributed by atoms with Crippen molar-refractivity contribution < 1.29 is 4.74 Å². The molecular weight excluding hydrogens is 200 g/mol. The van der Waals surface area contributed by atoms with E-state index in [0.717, 1.165) is 11.9 Å². The van der Waals surface area contributed by atoms with Gasteiger partial charge in [0.25, 0.3) is 0 Å². The minimum absolute atomic E-state index is 0.548. The van der Waals surface area contributed by atoms with E-state index in [-0.39, 0.29) is 0 Å². The summed E-state index contributed by atoms with van der Waals surface area (Å²) in [6, 6.07) is 0. The highest BCUT2D eigenvalue weighted by molar-refractivity contribution is 8.76. The van der Waals surface area contributed by atoms with Crippen LogP contribution in [0.3, 0.4) is 0 Å². The van der Waals surface area contributed by atoms with Gasteiger partial charge in [0.15, 0.2) is 0 Å². The van der Waals surface area contributed by atoms with Crippen LogP contribution in [0.25, 0.3) is 0 Å². The zero-order valence-electron chi connectivity index (χ0n) is 8.62. The molecular formula is C10H20OS2. The lowest BCUT2D eigenvalue weighted by molar-refractivity contribution is 0.129. The lowest BCUT2D eigenvalue weighted by Gasteiger charge is -2.11. The Bertz CT molecular complexity index is 124. The van der Waals surface area contributed by atoms with Crippen molar-refractivity contribution in [2.75, 3.05) is 12.4 Å². The Balaban J connectivity index is 1.93. The van der Waals surface area contributed by atoms with Gasteiger partial charge in [0, 0.05) is 17.6 Å². The number of hydrogen-bond donors (Lipinski definition) is 0. The molecule has 78 valence electrons. The molecule has 0 radical (unpaired) electrons. The van der Waals surface area contributed by atoms with Gasteiger partial charge in [0.2, 0.25) is 0 Å². The first-order valence-corrected chi connectivity index (χ1v) is 7.61. The fourth-order valence-corrected chi connectivity index (χ4v) is 4.20. The Kier molecular flexibility index (Phi) is 6.33. The van der Waals surface area contributed by atoms with E-state index in [0.29, 0.717) is 6.10 Å². The first-order valence-electron chi connectivity index (χ1n) is 5.22. The van der Waals surface area contributed by atoms with Crippen molar-refractivity contribution >= 4 is 21.6 Å². The molecule has 0 aliphatic carbocycles. The maximum atomic E-state index is 5.56. The lowest BCUT2D eigenvalue weighted by Crippen LogP contribution is -2.07. The minimum atomic E-state index is 0.548. The van der Waals surface area contributed by atoms with E-state index in [2.05, 4.69) is 13.8 Å². The van der Waals surface area contributed by atoms with Crippen molar-refractivity contribution in [1.82, 2.24) is 0 Å². The molecule has 1 nitrogen and oxygen atoms in total. The quantitative estimate of drug-likeness (QED) is 0.631. The van der Waals surface area contributed by atoms with Gasteiger partial charge in [-0.25, -0.2) is 0 Å². The first-order chi connectivity index (χ1) is 6.33. The van der Waals surface area contributed by atoms with Crippen LogP contribution in [0.2, 0.25) is 0 Å². The van der Waals surface area contributed by atoms with Crippen molar-refractivity contribution in [2.24, 2.45) is 0 Å². The standard InChI is InChI=1S/C10H20OS2/c1-3-5-9(2)13-12-8-10-6-4-7-11-10/h9-10H,3-8H2,1-2H3. The molecule has 2 atom stereocenters. The molecule has 0 N–H and O–H groups in total. The van der Waals surface area contributed by atoms with Crippen LogP contribution < -0.4 is 0 Å². The highest BCUT2D eigenvalue weighted by Crippen LogP contribution is 2.31. The van der Waals surface area contributed by atoms with E-state index in [1.54, 1.807) is 0 Å². The van der Waals surface area contributed by atoms with Gasteiger partial charge < -0.3 is 4.74 Å². The molecule has 1 saturated heterocycles. The molecule has 2 unspecified atom stereocenters. The monoisotopic (exact) mass is 220 g/mol. The summed E-state index contributed by atoms with van der Waals surface area (Å²) in [6.07, 6.45) is 5.72. The first kappa shape index (κ1) is 11.7. The van der Waals surface area contributed by atoms with Crippen LogP contribution in [0.1, 0.15) is 39.5 Å². The zero-order chi connectivity index (χ0) is 9.52. The summed E-state index contributed by atoms with van der Waals surface area (Å²) >= 11 is 0. The van der Waals surface area contributed by atoms with Crippen LogP contribution in [-0.4, -0.2) is 23.7 Å². The van der Waals surface area contributed by atoms with Crippen LogP contribution in [0.15, 0.2) is 0 Å². The summed E-state index contributed by atoms with van der Waals surface area (Å²) in [6.45, 7) is 5.55. The van der Waals surface area contributed by atoms with Gasteiger partial charge in [-0.3, -0.25) is 0 Å². The molecule has 0 aromatic rings. The third-order valence-electron chi connectivity index (χ3n) is 2.21. The summed E-state index contributed by atoms with van der Waals surface area (Å²) in [4.78, 5) is 0. The SMILES string of the molecule is CCCC(C)SSCC1CCCO1. The molecule has 1 fully saturated rings. The van der Waals surface area contributed by atoms with Crippen molar-refractivity contribution in [3.8, 4) is 0 Å². The van der Waals surface area contributed by atoms with Crippen molar-refractivity contribution in [1.29, 1.82) is 0 Å². The highest BCUT2D eigenvalue weighted by atomic mass is 33.1. The number of hydrogen-bond acceptors (Lipinski definition) is 3. The third-order valence-corrected chi connectivity index (χ3v) is 5.22.